The molecule has 2 N–H and O–H groups in total. The summed E-state index contributed by atoms with van der Waals surface area (Å²) in [6, 6.07) is 6.69. The summed E-state index contributed by atoms with van der Waals surface area (Å²) in [6.07, 6.45) is 3.10. The highest BCUT2D eigenvalue weighted by Crippen LogP contribution is 2.31. The molecule has 0 bridgehead atoms. The van der Waals surface area contributed by atoms with Gasteiger partial charge < -0.3 is 15.4 Å². The molecule has 4 nitrogen and oxygen atoms in total. The van der Waals surface area contributed by atoms with Crippen molar-refractivity contribution in [3.8, 4) is 0 Å². The van der Waals surface area contributed by atoms with Gasteiger partial charge in [0.25, 0.3) is 0 Å². The molecule has 0 spiro atoms. The van der Waals surface area contributed by atoms with Crippen molar-refractivity contribution in [3.05, 3.63) is 28.2 Å². The van der Waals surface area contributed by atoms with Gasteiger partial charge in [-0.3, -0.25) is 0 Å². The highest BCUT2D eigenvalue weighted by atomic mass is 79.9. The fourth-order valence-electron chi connectivity index (χ4n) is 2.95. The Balaban J connectivity index is 1.90. The third-order valence-corrected chi connectivity index (χ3v) is 4.72. The molecular formula is C18H27BrN2O2. The number of carbonyl (C=O) groups is 1. The number of rotatable bonds is 4. The number of amides is 1. The summed E-state index contributed by atoms with van der Waals surface area (Å²) in [5.41, 5.74) is 1.90. The van der Waals surface area contributed by atoms with Crippen LogP contribution in [0, 0.1) is 12.8 Å². The van der Waals surface area contributed by atoms with Gasteiger partial charge in [0, 0.05) is 22.7 Å². The van der Waals surface area contributed by atoms with Gasteiger partial charge in [-0.2, -0.15) is 0 Å². The van der Waals surface area contributed by atoms with Gasteiger partial charge in [0.15, 0.2) is 0 Å². The number of anilines is 1. The average Bonchev–Trinajstić information content (AvgIpc) is 2.86. The number of alkyl carbamates (subject to hydrolysis) is 1. The summed E-state index contributed by atoms with van der Waals surface area (Å²) in [5, 5.41) is 6.54. The lowest BCUT2D eigenvalue weighted by atomic mass is 10.0. The van der Waals surface area contributed by atoms with Gasteiger partial charge in [0.05, 0.1) is 0 Å². The molecule has 0 aromatic heterocycles. The van der Waals surface area contributed by atoms with E-state index in [1.165, 1.54) is 12.0 Å². The number of hydrogen-bond acceptors (Lipinski definition) is 3. The molecule has 1 amide bonds. The van der Waals surface area contributed by atoms with Crippen molar-refractivity contribution >= 4 is 27.7 Å². The van der Waals surface area contributed by atoms with Gasteiger partial charge in [-0.25, -0.2) is 4.79 Å². The molecule has 0 aliphatic heterocycles. The van der Waals surface area contributed by atoms with Crippen LogP contribution in [0.4, 0.5) is 10.5 Å². The van der Waals surface area contributed by atoms with Crippen LogP contribution in [-0.2, 0) is 4.74 Å². The molecule has 23 heavy (non-hydrogen) atoms. The molecule has 0 radical (unpaired) electrons. The summed E-state index contributed by atoms with van der Waals surface area (Å²) < 4.78 is 6.39. The Bertz CT molecular complexity index is 554. The Labute approximate surface area is 147 Å². The van der Waals surface area contributed by atoms with Crippen molar-refractivity contribution in [2.24, 2.45) is 5.92 Å². The number of benzene rings is 1. The van der Waals surface area contributed by atoms with Crippen LogP contribution in [-0.4, -0.2) is 24.3 Å². The lowest BCUT2D eigenvalue weighted by Crippen LogP contribution is -2.38. The molecular weight excluding hydrogens is 356 g/mol. The van der Waals surface area contributed by atoms with Gasteiger partial charge in [0.1, 0.15) is 5.60 Å². The van der Waals surface area contributed by atoms with Crippen molar-refractivity contribution < 1.29 is 9.53 Å². The number of ether oxygens (including phenoxy) is 1. The maximum absolute atomic E-state index is 11.8. The molecule has 1 aromatic rings. The van der Waals surface area contributed by atoms with Crippen LogP contribution in [0.3, 0.4) is 0 Å². The Kier molecular flexibility index (Phi) is 5.95. The molecule has 1 aliphatic carbocycles. The second kappa shape index (κ2) is 7.56. The Morgan fingerprint density at radius 3 is 2.78 bits per heavy atom. The van der Waals surface area contributed by atoms with Crippen LogP contribution in [0.25, 0.3) is 0 Å². The number of carbonyl (C=O) groups excluding carboxylic acids is 1. The zero-order valence-electron chi connectivity index (χ0n) is 14.4. The number of nitrogens with one attached hydrogen (secondary N) is 2. The van der Waals surface area contributed by atoms with Crippen molar-refractivity contribution in [1.29, 1.82) is 0 Å². The zero-order valence-corrected chi connectivity index (χ0v) is 16.0. The van der Waals surface area contributed by atoms with Crippen LogP contribution in [0.5, 0.6) is 0 Å². The summed E-state index contributed by atoms with van der Waals surface area (Å²) in [4.78, 5) is 11.8. The van der Waals surface area contributed by atoms with Crippen LogP contribution in [0.15, 0.2) is 22.7 Å². The van der Waals surface area contributed by atoms with E-state index in [4.69, 9.17) is 4.74 Å². The Morgan fingerprint density at radius 1 is 1.35 bits per heavy atom. The second-order valence-electron chi connectivity index (χ2n) is 7.31. The largest absolute Gasteiger partial charge is 0.444 e. The molecule has 2 atom stereocenters. The molecule has 1 aromatic carbocycles. The fraction of sp³-hybridized carbons (Fsp3) is 0.611. The monoisotopic (exact) mass is 382 g/mol. The third-order valence-electron chi connectivity index (χ3n) is 4.03. The molecule has 5 heteroatoms. The van der Waals surface area contributed by atoms with E-state index in [-0.39, 0.29) is 6.09 Å². The van der Waals surface area contributed by atoms with Crippen LogP contribution >= 0.6 is 15.9 Å². The standard InChI is InChI=1S/C18H27BrN2O2/c1-12-8-9-14(19)16(10-12)21-15-7-5-6-13(15)11-20-17(22)23-18(2,3)4/h8-10,13,15,21H,5-7,11H2,1-4H3,(H,20,22). The van der Waals surface area contributed by atoms with Crippen molar-refractivity contribution in [2.75, 3.05) is 11.9 Å². The van der Waals surface area contributed by atoms with E-state index in [0.29, 0.717) is 18.5 Å². The van der Waals surface area contributed by atoms with E-state index in [1.807, 2.05) is 20.8 Å². The quantitative estimate of drug-likeness (QED) is 0.781. The molecule has 128 valence electrons. The van der Waals surface area contributed by atoms with E-state index in [2.05, 4.69) is 51.7 Å². The molecule has 0 heterocycles. The summed E-state index contributed by atoms with van der Waals surface area (Å²) in [5.74, 6) is 0.426. The maximum Gasteiger partial charge on any atom is 0.407 e. The van der Waals surface area contributed by atoms with Crippen LogP contribution in [0.1, 0.15) is 45.6 Å². The molecule has 1 saturated carbocycles. The number of aryl methyl sites for hydroxylation is 1. The first kappa shape index (κ1) is 18.1. The van der Waals surface area contributed by atoms with Crippen LogP contribution < -0.4 is 10.6 Å². The number of hydrogen-bond donors (Lipinski definition) is 2. The first-order chi connectivity index (χ1) is 10.7. The predicted molar refractivity (Wildman–Crippen MR) is 97.9 cm³/mol. The minimum atomic E-state index is -0.455. The second-order valence-corrected chi connectivity index (χ2v) is 8.16. The fourth-order valence-corrected chi connectivity index (χ4v) is 3.31. The Hall–Kier alpha value is -1.23. The minimum absolute atomic E-state index is 0.333. The smallest absolute Gasteiger partial charge is 0.407 e. The van der Waals surface area contributed by atoms with E-state index >= 15 is 0 Å². The molecule has 2 rings (SSSR count). The van der Waals surface area contributed by atoms with Gasteiger partial charge >= 0.3 is 6.09 Å². The van der Waals surface area contributed by atoms with Crippen molar-refractivity contribution in [1.82, 2.24) is 5.32 Å². The maximum atomic E-state index is 11.8. The van der Waals surface area contributed by atoms with Crippen molar-refractivity contribution in [3.63, 3.8) is 0 Å². The average molecular weight is 383 g/mol. The SMILES string of the molecule is Cc1ccc(Br)c(NC2CCCC2CNC(=O)OC(C)(C)C)c1. The molecule has 1 fully saturated rings. The molecule has 0 saturated heterocycles. The van der Waals surface area contributed by atoms with Crippen LogP contribution in [0.2, 0.25) is 0 Å². The molecule has 2 unspecified atom stereocenters. The highest BCUT2D eigenvalue weighted by Gasteiger charge is 2.28. The number of halogens is 1. The van der Waals surface area contributed by atoms with E-state index in [9.17, 15) is 4.79 Å². The normalized spacial score (nSPS) is 21.1. The van der Waals surface area contributed by atoms with E-state index in [0.717, 1.165) is 23.0 Å². The lowest BCUT2D eigenvalue weighted by Gasteiger charge is -2.25. The minimum Gasteiger partial charge on any atom is -0.444 e. The summed E-state index contributed by atoms with van der Waals surface area (Å²) in [7, 11) is 0. The zero-order chi connectivity index (χ0) is 17.0. The third kappa shape index (κ3) is 5.72. The first-order valence-corrected chi connectivity index (χ1v) is 9.03. The first-order valence-electron chi connectivity index (χ1n) is 8.24. The van der Waals surface area contributed by atoms with E-state index < -0.39 is 5.60 Å². The predicted octanol–water partition coefficient (Wildman–Crippen LogP) is 4.86. The van der Waals surface area contributed by atoms with Gasteiger partial charge in [-0.1, -0.05) is 12.5 Å². The van der Waals surface area contributed by atoms with Crippen molar-refractivity contribution in [2.45, 2.75) is 58.6 Å². The lowest BCUT2D eigenvalue weighted by molar-refractivity contribution is 0.0519. The molecule has 1 aliphatic rings. The summed E-state index contributed by atoms with van der Waals surface area (Å²) in [6.45, 7) is 8.37. The van der Waals surface area contributed by atoms with E-state index in [1.54, 1.807) is 0 Å². The highest BCUT2D eigenvalue weighted by molar-refractivity contribution is 9.10. The van der Waals surface area contributed by atoms with Gasteiger partial charge in [-0.05, 0) is 80.1 Å². The topological polar surface area (TPSA) is 50.4 Å². The van der Waals surface area contributed by atoms with Gasteiger partial charge in [-0.15, -0.1) is 0 Å². The van der Waals surface area contributed by atoms with Gasteiger partial charge in [0.2, 0.25) is 0 Å². The Morgan fingerprint density at radius 2 is 2.09 bits per heavy atom. The summed E-state index contributed by atoms with van der Waals surface area (Å²) >= 11 is 3.60.